The van der Waals surface area contributed by atoms with Gasteiger partial charge in [-0.15, -0.1) is 0 Å². The summed E-state index contributed by atoms with van der Waals surface area (Å²) in [6, 6.07) is 16.8. The lowest BCUT2D eigenvalue weighted by Gasteiger charge is -2.37. The van der Waals surface area contributed by atoms with Crippen LogP contribution < -0.4 is 9.80 Å². The fourth-order valence-electron chi connectivity index (χ4n) is 4.84. The minimum Gasteiger partial charge on any atom is -0.379 e. The van der Waals surface area contributed by atoms with E-state index in [1.54, 1.807) is 41.3 Å². The summed E-state index contributed by atoms with van der Waals surface area (Å²) in [7, 11) is 0. The van der Waals surface area contributed by atoms with Gasteiger partial charge in [-0.25, -0.2) is 9.37 Å². The average Bonchev–Trinajstić information content (AvgIpc) is 2.97. The van der Waals surface area contributed by atoms with Gasteiger partial charge in [0.2, 0.25) is 0 Å². The molecule has 0 unspecified atom stereocenters. The molecule has 0 spiro atoms. The molecule has 0 N–H and O–H groups in total. The van der Waals surface area contributed by atoms with Crippen LogP contribution in [0.25, 0.3) is 0 Å². The number of morpholine rings is 1. The number of hydrogen-bond donors (Lipinski definition) is 0. The van der Waals surface area contributed by atoms with Gasteiger partial charge in [0, 0.05) is 74.8 Å². The first-order valence-corrected chi connectivity index (χ1v) is 13.5. The third kappa shape index (κ3) is 6.88. The number of amides is 1. The maximum atomic E-state index is 13.6. The van der Waals surface area contributed by atoms with Gasteiger partial charge < -0.3 is 14.5 Å². The Kier molecular flexibility index (Phi) is 8.86. The second kappa shape index (κ2) is 12.7. The Hall–Kier alpha value is -3.04. The van der Waals surface area contributed by atoms with Crippen molar-refractivity contribution in [1.29, 1.82) is 0 Å². The number of benzene rings is 2. The molecule has 2 aliphatic heterocycles. The van der Waals surface area contributed by atoms with Gasteiger partial charge in [0.25, 0.3) is 5.91 Å². The van der Waals surface area contributed by atoms with Gasteiger partial charge in [0.15, 0.2) is 0 Å². The quantitative estimate of drug-likeness (QED) is 0.430. The van der Waals surface area contributed by atoms with E-state index in [1.807, 2.05) is 18.3 Å². The van der Waals surface area contributed by atoms with Crippen LogP contribution in [0, 0.1) is 5.82 Å². The van der Waals surface area contributed by atoms with Crippen LogP contribution in [-0.4, -0.2) is 86.3 Å². The summed E-state index contributed by atoms with van der Waals surface area (Å²) in [6.07, 6.45) is 1.83. The molecule has 3 aromatic rings. The number of halogens is 2. The van der Waals surface area contributed by atoms with Gasteiger partial charge in [0.05, 0.1) is 19.8 Å². The standard InChI is InChI=1S/C29H33ClFN5O2/c30-25-4-2-24(3-5-25)29(37)36(27-8-6-26(31)7-9-27)22-23-1-10-28(32-21-23)35-15-13-33(14-16-35)11-12-34-17-19-38-20-18-34/h1-10,21H,11-20,22H2. The highest BCUT2D eigenvalue weighted by Gasteiger charge is 2.21. The van der Waals surface area contributed by atoms with E-state index in [0.29, 0.717) is 22.8 Å². The predicted molar refractivity (Wildman–Crippen MR) is 149 cm³/mol. The molecule has 0 atom stereocenters. The van der Waals surface area contributed by atoms with E-state index in [-0.39, 0.29) is 11.7 Å². The molecule has 0 aliphatic carbocycles. The van der Waals surface area contributed by atoms with Gasteiger partial charge in [-0.05, 0) is 60.2 Å². The lowest BCUT2D eigenvalue weighted by atomic mass is 10.1. The number of pyridine rings is 1. The Balaban J connectivity index is 1.20. The van der Waals surface area contributed by atoms with Crippen molar-refractivity contribution in [3.63, 3.8) is 0 Å². The highest BCUT2D eigenvalue weighted by molar-refractivity contribution is 6.30. The molecule has 7 nitrogen and oxygen atoms in total. The van der Waals surface area contributed by atoms with Crippen LogP contribution >= 0.6 is 11.6 Å². The summed E-state index contributed by atoms with van der Waals surface area (Å²) < 4.78 is 19.0. The van der Waals surface area contributed by atoms with E-state index in [1.165, 1.54) is 12.1 Å². The van der Waals surface area contributed by atoms with Crippen molar-refractivity contribution in [2.45, 2.75) is 6.54 Å². The number of ether oxygens (including phenoxy) is 1. The molecule has 3 heterocycles. The minimum atomic E-state index is -0.347. The number of carbonyl (C=O) groups excluding carboxylic acids is 1. The second-order valence-electron chi connectivity index (χ2n) is 9.68. The van der Waals surface area contributed by atoms with Crippen LogP contribution in [0.2, 0.25) is 5.02 Å². The summed E-state index contributed by atoms with van der Waals surface area (Å²) in [5, 5.41) is 0.563. The average molecular weight is 538 g/mol. The van der Waals surface area contributed by atoms with Crippen LogP contribution in [0.4, 0.5) is 15.9 Å². The Morgan fingerprint density at radius 2 is 1.53 bits per heavy atom. The number of piperazine rings is 1. The van der Waals surface area contributed by atoms with Crippen LogP contribution in [0.1, 0.15) is 15.9 Å². The molecule has 0 radical (unpaired) electrons. The number of carbonyl (C=O) groups is 1. The van der Waals surface area contributed by atoms with E-state index in [2.05, 4.69) is 14.7 Å². The zero-order chi connectivity index (χ0) is 26.3. The molecule has 200 valence electrons. The molecule has 1 amide bonds. The van der Waals surface area contributed by atoms with Gasteiger partial charge in [-0.1, -0.05) is 17.7 Å². The Morgan fingerprint density at radius 3 is 2.16 bits per heavy atom. The molecule has 9 heteroatoms. The molecule has 5 rings (SSSR count). The van der Waals surface area contributed by atoms with Crippen molar-refractivity contribution in [2.75, 3.05) is 75.4 Å². The van der Waals surface area contributed by atoms with Crippen molar-refractivity contribution in [3.8, 4) is 0 Å². The smallest absolute Gasteiger partial charge is 0.258 e. The summed E-state index contributed by atoms with van der Waals surface area (Å²) in [4.78, 5) is 27.0. The molecule has 2 saturated heterocycles. The zero-order valence-corrected chi connectivity index (χ0v) is 22.2. The molecule has 2 fully saturated rings. The molecule has 0 bridgehead atoms. The largest absolute Gasteiger partial charge is 0.379 e. The van der Waals surface area contributed by atoms with E-state index in [0.717, 1.165) is 77.0 Å². The first-order valence-electron chi connectivity index (χ1n) is 13.1. The Morgan fingerprint density at radius 1 is 0.868 bits per heavy atom. The van der Waals surface area contributed by atoms with Crippen molar-refractivity contribution >= 4 is 29.0 Å². The Labute approximate surface area is 228 Å². The third-order valence-electron chi connectivity index (χ3n) is 7.16. The highest BCUT2D eigenvalue weighted by Crippen LogP contribution is 2.23. The first kappa shape index (κ1) is 26.6. The van der Waals surface area contributed by atoms with Crippen LogP contribution in [0.3, 0.4) is 0 Å². The molecule has 2 aromatic carbocycles. The minimum absolute atomic E-state index is 0.189. The summed E-state index contributed by atoms with van der Waals surface area (Å²) in [5.41, 5.74) is 2.02. The number of anilines is 2. The fraction of sp³-hybridized carbons (Fsp3) is 0.379. The molecule has 0 saturated carbocycles. The van der Waals surface area contributed by atoms with Crippen molar-refractivity contribution in [3.05, 3.63) is 88.8 Å². The van der Waals surface area contributed by atoms with Crippen molar-refractivity contribution < 1.29 is 13.9 Å². The summed E-state index contributed by atoms with van der Waals surface area (Å²) in [5.74, 6) is 0.407. The van der Waals surface area contributed by atoms with E-state index >= 15 is 0 Å². The Bertz CT molecular complexity index is 1180. The second-order valence-corrected chi connectivity index (χ2v) is 10.1. The van der Waals surface area contributed by atoms with Gasteiger partial charge in [0.1, 0.15) is 11.6 Å². The zero-order valence-electron chi connectivity index (χ0n) is 21.4. The van der Waals surface area contributed by atoms with Crippen LogP contribution in [0.5, 0.6) is 0 Å². The molecule has 1 aromatic heterocycles. The van der Waals surface area contributed by atoms with Crippen molar-refractivity contribution in [2.24, 2.45) is 0 Å². The van der Waals surface area contributed by atoms with Gasteiger partial charge in [-0.3, -0.25) is 14.6 Å². The number of nitrogens with zero attached hydrogens (tertiary/aromatic N) is 5. The summed E-state index contributed by atoms with van der Waals surface area (Å²) in [6.45, 7) is 10.1. The summed E-state index contributed by atoms with van der Waals surface area (Å²) >= 11 is 6.01. The van der Waals surface area contributed by atoms with Crippen molar-refractivity contribution in [1.82, 2.24) is 14.8 Å². The topological polar surface area (TPSA) is 52.2 Å². The normalized spacial score (nSPS) is 16.9. The number of aromatic nitrogens is 1. The third-order valence-corrected chi connectivity index (χ3v) is 7.41. The fourth-order valence-corrected chi connectivity index (χ4v) is 4.96. The lowest BCUT2D eigenvalue weighted by molar-refractivity contribution is 0.0331. The number of rotatable bonds is 8. The molecular formula is C29H33ClFN5O2. The van der Waals surface area contributed by atoms with Crippen LogP contribution in [0.15, 0.2) is 66.9 Å². The van der Waals surface area contributed by atoms with Gasteiger partial charge >= 0.3 is 0 Å². The predicted octanol–water partition coefficient (Wildman–Crippen LogP) is 4.18. The monoisotopic (exact) mass is 537 g/mol. The lowest BCUT2D eigenvalue weighted by Crippen LogP contribution is -2.49. The highest BCUT2D eigenvalue weighted by atomic mass is 35.5. The van der Waals surface area contributed by atoms with E-state index in [9.17, 15) is 9.18 Å². The first-order chi connectivity index (χ1) is 18.5. The molecular weight excluding hydrogens is 505 g/mol. The van der Waals surface area contributed by atoms with E-state index < -0.39 is 0 Å². The van der Waals surface area contributed by atoms with Crippen LogP contribution in [-0.2, 0) is 11.3 Å². The SMILES string of the molecule is O=C(c1ccc(Cl)cc1)N(Cc1ccc(N2CCN(CCN3CCOCC3)CC2)nc1)c1ccc(F)cc1. The maximum Gasteiger partial charge on any atom is 0.258 e. The maximum absolute atomic E-state index is 13.6. The van der Waals surface area contributed by atoms with Gasteiger partial charge in [-0.2, -0.15) is 0 Å². The molecule has 38 heavy (non-hydrogen) atoms. The number of hydrogen-bond acceptors (Lipinski definition) is 6. The molecule has 2 aliphatic rings. The van der Waals surface area contributed by atoms with E-state index in [4.69, 9.17) is 21.3 Å².